The van der Waals surface area contributed by atoms with Gasteiger partial charge >= 0.3 is 5.97 Å². The molecule has 3 aromatic rings. The number of hydrogen-bond acceptors (Lipinski definition) is 6. The Hall–Kier alpha value is -3.94. The lowest BCUT2D eigenvalue weighted by Crippen LogP contribution is -2.25. The quantitative estimate of drug-likeness (QED) is 0.591. The maximum absolute atomic E-state index is 12.7. The predicted molar refractivity (Wildman–Crippen MR) is 116 cm³/mol. The van der Waals surface area contributed by atoms with Gasteiger partial charge in [0.05, 0.1) is 17.9 Å². The fourth-order valence-electron chi connectivity index (χ4n) is 2.76. The third kappa shape index (κ3) is 5.36. The van der Waals surface area contributed by atoms with Crippen LogP contribution >= 0.6 is 0 Å². The second kappa shape index (κ2) is 9.25. The Morgan fingerprint density at radius 3 is 2.48 bits per heavy atom. The average molecular weight is 421 g/mol. The molecule has 3 rings (SSSR count). The second-order valence-corrected chi connectivity index (χ2v) is 7.49. The Morgan fingerprint density at radius 1 is 1.13 bits per heavy atom. The van der Waals surface area contributed by atoms with Gasteiger partial charge in [-0.05, 0) is 54.8 Å². The average Bonchev–Trinajstić information content (AvgIpc) is 2.72. The molecule has 0 spiro atoms. The van der Waals surface area contributed by atoms with Crippen LogP contribution in [-0.4, -0.2) is 33.4 Å². The smallest absolute Gasteiger partial charge is 0.338 e. The van der Waals surface area contributed by atoms with Crippen LogP contribution in [0.3, 0.4) is 0 Å². The van der Waals surface area contributed by atoms with Gasteiger partial charge in [-0.2, -0.15) is 9.78 Å². The number of nitrogens with one attached hydrogen (secondary N) is 1. The molecule has 2 N–H and O–H groups in total. The largest absolute Gasteiger partial charge is 0.505 e. The molecule has 0 aliphatic rings. The minimum Gasteiger partial charge on any atom is -0.505 e. The van der Waals surface area contributed by atoms with Crippen molar-refractivity contribution in [3.63, 3.8) is 0 Å². The number of nitrogens with zero attached hydrogens (tertiary/aromatic N) is 2. The second-order valence-electron chi connectivity index (χ2n) is 7.49. The summed E-state index contributed by atoms with van der Waals surface area (Å²) in [6, 6.07) is 14.1. The molecule has 0 aliphatic carbocycles. The molecular weight excluding hydrogens is 398 g/mol. The molecule has 1 aromatic heterocycles. The van der Waals surface area contributed by atoms with Crippen molar-refractivity contribution in [1.29, 1.82) is 0 Å². The first kappa shape index (κ1) is 21.8. The maximum atomic E-state index is 12.7. The number of aromatic hydroxyl groups is 1. The van der Waals surface area contributed by atoms with Gasteiger partial charge in [-0.3, -0.25) is 9.59 Å². The number of carbonyl (C=O) groups is 2. The third-order valence-corrected chi connectivity index (χ3v) is 4.30. The van der Waals surface area contributed by atoms with E-state index >= 15 is 0 Å². The van der Waals surface area contributed by atoms with Crippen LogP contribution in [0.5, 0.6) is 5.75 Å². The molecule has 1 heterocycles. The Bertz CT molecular complexity index is 1170. The molecule has 0 bridgehead atoms. The van der Waals surface area contributed by atoms with Crippen molar-refractivity contribution in [2.45, 2.75) is 20.8 Å². The van der Waals surface area contributed by atoms with E-state index in [9.17, 15) is 19.5 Å². The van der Waals surface area contributed by atoms with E-state index in [1.165, 1.54) is 24.3 Å². The van der Waals surface area contributed by atoms with E-state index in [4.69, 9.17) is 4.74 Å². The summed E-state index contributed by atoms with van der Waals surface area (Å²) < 4.78 is 6.22. The van der Waals surface area contributed by atoms with Crippen molar-refractivity contribution >= 4 is 17.6 Å². The van der Waals surface area contributed by atoms with Gasteiger partial charge in [-0.1, -0.05) is 26.0 Å². The molecule has 0 atom stereocenters. The van der Waals surface area contributed by atoms with Crippen molar-refractivity contribution in [3.05, 3.63) is 81.8 Å². The minimum absolute atomic E-state index is 0.228. The number of rotatable bonds is 6. The molecule has 1 amide bonds. The number of ether oxygens (including phenoxy) is 1. The van der Waals surface area contributed by atoms with Gasteiger partial charge in [0.2, 0.25) is 0 Å². The van der Waals surface area contributed by atoms with Crippen molar-refractivity contribution in [1.82, 2.24) is 9.78 Å². The molecule has 2 aromatic carbocycles. The topological polar surface area (TPSA) is 111 Å². The van der Waals surface area contributed by atoms with Crippen LogP contribution in [0.15, 0.2) is 59.4 Å². The molecule has 0 fully saturated rings. The van der Waals surface area contributed by atoms with E-state index in [-0.39, 0.29) is 11.6 Å². The van der Waals surface area contributed by atoms with Crippen molar-refractivity contribution < 1.29 is 19.4 Å². The highest BCUT2D eigenvalue weighted by atomic mass is 16.5. The number of benzene rings is 2. The van der Waals surface area contributed by atoms with Gasteiger partial charge in [-0.15, -0.1) is 0 Å². The van der Waals surface area contributed by atoms with Crippen molar-refractivity contribution in [2.75, 3.05) is 11.9 Å². The molecule has 160 valence electrons. The highest BCUT2D eigenvalue weighted by molar-refractivity contribution is 6.04. The maximum Gasteiger partial charge on any atom is 0.338 e. The van der Waals surface area contributed by atoms with E-state index in [2.05, 4.69) is 10.4 Å². The van der Waals surface area contributed by atoms with E-state index < -0.39 is 23.2 Å². The number of amides is 1. The number of hydrogen-bond donors (Lipinski definition) is 2. The van der Waals surface area contributed by atoms with Gasteiger partial charge < -0.3 is 15.2 Å². The zero-order valence-corrected chi connectivity index (χ0v) is 17.5. The molecular formula is C23H23N3O5. The predicted octanol–water partition coefficient (Wildman–Crippen LogP) is 3.31. The van der Waals surface area contributed by atoms with Crippen LogP contribution in [0.2, 0.25) is 0 Å². The number of anilines is 1. The summed E-state index contributed by atoms with van der Waals surface area (Å²) in [5.74, 6) is -1.45. The molecule has 0 aliphatic heterocycles. The monoisotopic (exact) mass is 421 g/mol. The zero-order valence-electron chi connectivity index (χ0n) is 17.5. The first-order valence-electron chi connectivity index (χ1n) is 9.73. The lowest BCUT2D eigenvalue weighted by atomic mass is 10.2. The first-order valence-corrected chi connectivity index (χ1v) is 9.73. The summed E-state index contributed by atoms with van der Waals surface area (Å²) >= 11 is 0. The van der Waals surface area contributed by atoms with Crippen molar-refractivity contribution in [3.8, 4) is 11.4 Å². The van der Waals surface area contributed by atoms with Crippen LogP contribution in [0, 0.1) is 12.8 Å². The third-order valence-electron chi connectivity index (χ3n) is 4.30. The van der Waals surface area contributed by atoms with Gasteiger partial charge in [0.1, 0.15) is 0 Å². The lowest BCUT2D eigenvalue weighted by Gasteiger charge is -2.10. The standard InChI is InChI=1S/C23H23N3O5/c1-14(2)13-31-23(30)16-7-9-17(10-8-16)24-22(29)21-19(27)12-20(28)26(25-21)18-6-4-5-15(3)11-18/h4-12,14,27H,13H2,1-3H3,(H,24,29). The number of aromatic nitrogens is 2. The SMILES string of the molecule is Cc1cccc(-n2nc(C(=O)Nc3ccc(C(=O)OCC(C)C)cc3)c(O)cc2=O)c1. The molecule has 0 unspecified atom stereocenters. The molecule has 8 heteroatoms. The number of esters is 1. The summed E-state index contributed by atoms with van der Waals surface area (Å²) in [7, 11) is 0. The van der Waals surface area contributed by atoms with Gasteiger partial charge in [-0.25, -0.2) is 4.79 Å². The highest BCUT2D eigenvalue weighted by Gasteiger charge is 2.17. The lowest BCUT2D eigenvalue weighted by molar-refractivity contribution is 0.0459. The van der Waals surface area contributed by atoms with Gasteiger partial charge in [0.25, 0.3) is 11.5 Å². The molecule has 0 saturated carbocycles. The van der Waals surface area contributed by atoms with Crippen LogP contribution in [-0.2, 0) is 4.74 Å². The van der Waals surface area contributed by atoms with E-state index in [1.807, 2.05) is 26.8 Å². The Labute approximate surface area is 179 Å². The first-order chi connectivity index (χ1) is 14.7. The Balaban J connectivity index is 1.80. The van der Waals surface area contributed by atoms with Gasteiger partial charge in [0, 0.05) is 11.8 Å². The highest BCUT2D eigenvalue weighted by Crippen LogP contribution is 2.17. The van der Waals surface area contributed by atoms with E-state index in [1.54, 1.807) is 18.2 Å². The zero-order chi connectivity index (χ0) is 22.5. The molecule has 8 nitrogen and oxygen atoms in total. The van der Waals surface area contributed by atoms with Gasteiger partial charge in [0.15, 0.2) is 11.4 Å². The number of aryl methyl sites for hydroxylation is 1. The molecule has 0 radical (unpaired) electrons. The van der Waals surface area contributed by atoms with Crippen molar-refractivity contribution in [2.24, 2.45) is 5.92 Å². The Morgan fingerprint density at radius 2 is 1.84 bits per heavy atom. The van der Waals surface area contributed by atoms with E-state index in [0.29, 0.717) is 23.5 Å². The minimum atomic E-state index is -0.700. The summed E-state index contributed by atoms with van der Waals surface area (Å²) in [6.07, 6.45) is 0. The Kier molecular flexibility index (Phi) is 6.49. The normalized spacial score (nSPS) is 10.7. The van der Waals surface area contributed by atoms with Crippen LogP contribution in [0.1, 0.15) is 40.3 Å². The van der Waals surface area contributed by atoms with Crippen LogP contribution < -0.4 is 10.9 Å². The fraction of sp³-hybridized carbons (Fsp3) is 0.217. The summed E-state index contributed by atoms with van der Waals surface area (Å²) in [5.41, 5.74) is 1.26. The summed E-state index contributed by atoms with van der Waals surface area (Å²) in [6.45, 7) is 6.07. The van der Waals surface area contributed by atoms with Crippen LogP contribution in [0.4, 0.5) is 5.69 Å². The number of carbonyl (C=O) groups excluding carboxylic acids is 2. The molecule has 31 heavy (non-hydrogen) atoms. The molecule has 0 saturated heterocycles. The fourth-order valence-corrected chi connectivity index (χ4v) is 2.76. The summed E-state index contributed by atoms with van der Waals surface area (Å²) in [5, 5.41) is 16.7. The summed E-state index contributed by atoms with van der Waals surface area (Å²) in [4.78, 5) is 36.9. The van der Waals surface area contributed by atoms with E-state index in [0.717, 1.165) is 16.3 Å². The van der Waals surface area contributed by atoms with Crippen LogP contribution in [0.25, 0.3) is 5.69 Å².